The van der Waals surface area contributed by atoms with E-state index in [9.17, 15) is 22.4 Å². The molecule has 1 rings (SSSR count). The molecule has 0 saturated carbocycles. The van der Waals surface area contributed by atoms with E-state index in [-0.39, 0.29) is 18.1 Å². The number of hydrogen-bond donors (Lipinski definition) is 2. The van der Waals surface area contributed by atoms with Gasteiger partial charge in [-0.2, -0.15) is 13.2 Å². The van der Waals surface area contributed by atoms with Crippen LogP contribution in [0.3, 0.4) is 0 Å². The second-order valence-electron chi connectivity index (χ2n) is 4.07. The number of carbonyl (C=O) groups excluding carboxylic acids is 1. The quantitative estimate of drug-likeness (QED) is 0.498. The lowest BCUT2D eigenvalue weighted by Crippen LogP contribution is -2.43. The number of benzene rings is 1. The lowest BCUT2D eigenvalue weighted by Gasteiger charge is -2.18. The van der Waals surface area contributed by atoms with Crippen LogP contribution in [0.5, 0.6) is 0 Å². The SMILES string of the molecule is CN(Cc1ccc(F)c(C(F)(F)F)c1)C(=O)NC(N)=NCl. The van der Waals surface area contributed by atoms with Gasteiger partial charge in [0.25, 0.3) is 0 Å². The number of halogens is 5. The highest BCUT2D eigenvalue weighted by Crippen LogP contribution is 2.32. The minimum atomic E-state index is -4.81. The Labute approximate surface area is 122 Å². The zero-order valence-corrected chi connectivity index (χ0v) is 11.5. The van der Waals surface area contributed by atoms with Crippen LogP contribution < -0.4 is 11.1 Å². The van der Waals surface area contributed by atoms with Crippen molar-refractivity contribution in [3.05, 3.63) is 35.1 Å². The molecule has 0 bridgehead atoms. The van der Waals surface area contributed by atoms with E-state index >= 15 is 0 Å². The Morgan fingerprint density at radius 1 is 1.48 bits per heavy atom. The molecule has 0 saturated heterocycles. The first-order valence-electron chi connectivity index (χ1n) is 5.47. The Morgan fingerprint density at radius 2 is 2.10 bits per heavy atom. The first-order chi connectivity index (χ1) is 9.65. The Balaban J connectivity index is 2.86. The maximum absolute atomic E-state index is 13.1. The number of alkyl halides is 3. The fourth-order valence-corrected chi connectivity index (χ4v) is 1.50. The van der Waals surface area contributed by atoms with Crippen LogP contribution >= 0.6 is 11.8 Å². The highest BCUT2D eigenvalue weighted by molar-refractivity contribution is 6.20. The third-order valence-electron chi connectivity index (χ3n) is 2.43. The van der Waals surface area contributed by atoms with Crippen LogP contribution in [0.2, 0.25) is 0 Å². The van der Waals surface area contributed by atoms with Crippen LogP contribution in [-0.4, -0.2) is 23.9 Å². The summed E-state index contributed by atoms with van der Waals surface area (Å²) in [7, 11) is 1.31. The summed E-state index contributed by atoms with van der Waals surface area (Å²) < 4.78 is 53.8. The van der Waals surface area contributed by atoms with E-state index in [1.54, 1.807) is 0 Å². The van der Waals surface area contributed by atoms with E-state index in [4.69, 9.17) is 17.5 Å². The summed E-state index contributed by atoms with van der Waals surface area (Å²) in [5, 5.41) is 2.09. The monoisotopic (exact) mass is 326 g/mol. The first kappa shape index (κ1) is 17.0. The van der Waals surface area contributed by atoms with E-state index in [1.165, 1.54) is 7.05 Å². The smallest absolute Gasteiger partial charge is 0.368 e. The van der Waals surface area contributed by atoms with E-state index in [1.807, 2.05) is 0 Å². The Bertz CT molecular complexity index is 562. The molecule has 0 heterocycles. The molecule has 0 atom stereocenters. The van der Waals surface area contributed by atoms with E-state index in [0.717, 1.165) is 11.0 Å². The van der Waals surface area contributed by atoms with Gasteiger partial charge in [-0.05, 0) is 17.7 Å². The normalized spacial score (nSPS) is 12.2. The van der Waals surface area contributed by atoms with Crippen molar-refractivity contribution in [3.63, 3.8) is 0 Å². The molecule has 1 aromatic rings. The third-order valence-corrected chi connectivity index (χ3v) is 2.61. The van der Waals surface area contributed by atoms with Gasteiger partial charge in [0.15, 0.2) is 0 Å². The first-order valence-corrected chi connectivity index (χ1v) is 5.81. The van der Waals surface area contributed by atoms with Gasteiger partial charge >= 0.3 is 12.2 Å². The largest absolute Gasteiger partial charge is 0.419 e. The summed E-state index contributed by atoms with van der Waals surface area (Å²) in [6.45, 7) is -0.190. The fraction of sp³-hybridized carbons (Fsp3) is 0.273. The molecule has 0 aliphatic rings. The van der Waals surface area contributed by atoms with Gasteiger partial charge in [0.1, 0.15) is 5.82 Å². The van der Waals surface area contributed by atoms with Gasteiger partial charge in [0.2, 0.25) is 5.96 Å². The fourth-order valence-electron chi connectivity index (χ4n) is 1.46. The van der Waals surface area contributed by atoms with Crippen LogP contribution in [-0.2, 0) is 12.7 Å². The summed E-state index contributed by atoms with van der Waals surface area (Å²) in [4.78, 5) is 12.6. The van der Waals surface area contributed by atoms with Gasteiger partial charge in [-0.25, -0.2) is 9.18 Å². The van der Waals surface area contributed by atoms with Crippen molar-refractivity contribution in [3.8, 4) is 0 Å². The van der Waals surface area contributed by atoms with Gasteiger partial charge in [-0.3, -0.25) is 5.32 Å². The zero-order valence-electron chi connectivity index (χ0n) is 10.7. The molecule has 2 amide bonds. The van der Waals surface area contributed by atoms with Crippen LogP contribution in [0, 0.1) is 5.82 Å². The standard InChI is InChI=1S/C11H11ClF4N4O/c1-20(10(21)18-9(17)19-12)5-6-2-3-8(13)7(4-6)11(14,15)16/h2-4H,5H2,1H3,(H3,17,18,19,21). The number of guanidine groups is 1. The molecule has 0 radical (unpaired) electrons. The summed E-state index contributed by atoms with van der Waals surface area (Å²) in [6.07, 6.45) is -4.81. The summed E-state index contributed by atoms with van der Waals surface area (Å²) >= 11 is 5.01. The van der Waals surface area contributed by atoms with Crippen molar-refractivity contribution in [2.45, 2.75) is 12.7 Å². The van der Waals surface area contributed by atoms with E-state index in [0.29, 0.717) is 12.1 Å². The van der Waals surface area contributed by atoms with Crippen molar-refractivity contribution in [1.82, 2.24) is 10.2 Å². The topological polar surface area (TPSA) is 70.7 Å². The number of rotatable bonds is 2. The lowest BCUT2D eigenvalue weighted by atomic mass is 10.1. The molecule has 0 fully saturated rings. The molecule has 116 valence electrons. The Kier molecular flexibility index (Phi) is 5.36. The minimum absolute atomic E-state index is 0.0998. The predicted octanol–water partition coefficient (Wildman–Crippen LogP) is 2.45. The predicted molar refractivity (Wildman–Crippen MR) is 68.9 cm³/mol. The van der Waals surface area contributed by atoms with Crippen LogP contribution in [0.25, 0.3) is 0 Å². The maximum atomic E-state index is 13.1. The van der Waals surface area contributed by atoms with Crippen molar-refractivity contribution >= 4 is 23.8 Å². The van der Waals surface area contributed by atoms with Crippen LogP contribution in [0.15, 0.2) is 22.7 Å². The Morgan fingerprint density at radius 3 is 2.62 bits per heavy atom. The molecule has 0 unspecified atom stereocenters. The molecule has 0 aliphatic heterocycles. The Hall–Kier alpha value is -2.03. The minimum Gasteiger partial charge on any atom is -0.368 e. The summed E-state index contributed by atoms with van der Waals surface area (Å²) in [5.74, 6) is -1.74. The number of carbonyl (C=O) groups is 1. The second kappa shape index (κ2) is 6.61. The lowest BCUT2D eigenvalue weighted by molar-refractivity contribution is -0.140. The van der Waals surface area contributed by atoms with Gasteiger partial charge < -0.3 is 10.6 Å². The molecule has 3 N–H and O–H groups in total. The molecule has 0 aliphatic carbocycles. The second-order valence-corrected chi connectivity index (χ2v) is 4.24. The number of hydrogen-bond acceptors (Lipinski definition) is 2. The number of amides is 2. The molecule has 21 heavy (non-hydrogen) atoms. The van der Waals surface area contributed by atoms with E-state index < -0.39 is 23.6 Å². The average Bonchev–Trinajstić information content (AvgIpc) is 2.39. The third kappa shape index (κ3) is 4.78. The number of nitrogens with zero attached hydrogens (tertiary/aromatic N) is 2. The maximum Gasteiger partial charge on any atom is 0.419 e. The van der Waals surface area contributed by atoms with Crippen molar-refractivity contribution in [2.75, 3.05) is 7.05 Å². The number of nitrogens with two attached hydrogens (primary N) is 1. The van der Waals surface area contributed by atoms with Crippen LogP contribution in [0.1, 0.15) is 11.1 Å². The summed E-state index contributed by atoms with van der Waals surface area (Å²) in [5.41, 5.74) is 3.87. The van der Waals surface area contributed by atoms with Gasteiger partial charge in [-0.1, -0.05) is 6.07 Å². The summed E-state index contributed by atoms with van der Waals surface area (Å²) in [6, 6.07) is 1.75. The number of urea groups is 1. The molecule has 0 spiro atoms. The van der Waals surface area contributed by atoms with Gasteiger partial charge in [0.05, 0.1) is 5.56 Å². The van der Waals surface area contributed by atoms with Gasteiger partial charge in [-0.15, -0.1) is 4.51 Å². The number of nitrogens with one attached hydrogen (secondary N) is 1. The average molecular weight is 327 g/mol. The molecule has 5 nitrogen and oxygen atoms in total. The van der Waals surface area contributed by atoms with Crippen molar-refractivity contribution in [1.29, 1.82) is 0 Å². The molecule has 0 aromatic heterocycles. The van der Waals surface area contributed by atoms with Gasteiger partial charge in [0, 0.05) is 25.4 Å². The molecular weight excluding hydrogens is 316 g/mol. The zero-order chi connectivity index (χ0) is 16.2. The molecule has 10 heteroatoms. The van der Waals surface area contributed by atoms with Crippen molar-refractivity contribution < 1.29 is 22.4 Å². The molecule has 1 aromatic carbocycles. The highest BCUT2D eigenvalue weighted by atomic mass is 35.5. The van der Waals surface area contributed by atoms with Crippen molar-refractivity contribution in [2.24, 2.45) is 10.2 Å². The van der Waals surface area contributed by atoms with E-state index in [2.05, 4.69) is 9.83 Å². The molecular formula is C11H11ClF4N4O. The highest BCUT2D eigenvalue weighted by Gasteiger charge is 2.34. The van der Waals surface area contributed by atoms with Crippen LogP contribution in [0.4, 0.5) is 22.4 Å².